The van der Waals surface area contributed by atoms with Crippen LogP contribution in [0.5, 0.6) is 11.5 Å². The monoisotopic (exact) mass is 305 g/mol. The van der Waals surface area contributed by atoms with Gasteiger partial charge in [-0.1, -0.05) is 0 Å². The van der Waals surface area contributed by atoms with Crippen molar-refractivity contribution in [3.05, 3.63) is 23.8 Å². The molecule has 0 heterocycles. The van der Waals surface area contributed by atoms with Gasteiger partial charge < -0.3 is 14.4 Å². The fraction of sp³-hybridized carbons (Fsp3) is 0.500. The minimum Gasteiger partial charge on any atom is -0.493 e. The maximum absolute atomic E-state index is 12.4. The number of ether oxygens (including phenoxy) is 2. The lowest BCUT2D eigenvalue weighted by atomic mass is 10.1. The van der Waals surface area contributed by atoms with E-state index in [1.165, 1.54) is 32.2 Å². The molecule has 0 spiro atoms. The van der Waals surface area contributed by atoms with Gasteiger partial charge in [-0.25, -0.2) is 0 Å². The maximum atomic E-state index is 12.4. The minimum absolute atomic E-state index is 0.0339. The van der Waals surface area contributed by atoms with Crippen LogP contribution < -0.4 is 9.47 Å². The molecule has 1 rings (SSSR count). The Labute approximate surface area is 121 Å². The highest BCUT2D eigenvalue weighted by molar-refractivity contribution is 5.95. The molecule has 0 bridgehead atoms. The summed E-state index contributed by atoms with van der Waals surface area (Å²) in [6.45, 7) is 2.39. The first-order chi connectivity index (χ1) is 9.82. The third kappa shape index (κ3) is 4.84. The minimum atomic E-state index is -4.43. The third-order valence-electron chi connectivity index (χ3n) is 2.75. The second kappa shape index (κ2) is 7.19. The molecule has 0 unspecified atom stereocenters. The molecule has 0 aromatic heterocycles. The number of amides is 1. The standard InChI is InChI=1S/C14H18F3NO3/c1-4-18(9-14(15,16)17)13(19)10-6-7-11(21-5-2)12(8-10)20-3/h6-8H,4-5,9H2,1-3H3. The summed E-state index contributed by atoms with van der Waals surface area (Å²) in [6.07, 6.45) is -4.43. The van der Waals surface area contributed by atoms with Gasteiger partial charge >= 0.3 is 6.18 Å². The van der Waals surface area contributed by atoms with Crippen molar-refractivity contribution in [1.82, 2.24) is 4.90 Å². The van der Waals surface area contributed by atoms with E-state index in [2.05, 4.69) is 0 Å². The molecule has 0 N–H and O–H groups in total. The van der Waals surface area contributed by atoms with Gasteiger partial charge in [-0.15, -0.1) is 0 Å². The number of benzene rings is 1. The van der Waals surface area contributed by atoms with Crippen molar-refractivity contribution in [2.45, 2.75) is 20.0 Å². The summed E-state index contributed by atoms with van der Waals surface area (Å²) in [5, 5.41) is 0. The molecule has 0 saturated heterocycles. The highest BCUT2D eigenvalue weighted by Crippen LogP contribution is 2.29. The summed E-state index contributed by atoms with van der Waals surface area (Å²) < 4.78 is 47.7. The van der Waals surface area contributed by atoms with Gasteiger partial charge in [-0.05, 0) is 32.0 Å². The van der Waals surface area contributed by atoms with Gasteiger partial charge in [-0.3, -0.25) is 4.79 Å². The lowest BCUT2D eigenvalue weighted by molar-refractivity contribution is -0.140. The quantitative estimate of drug-likeness (QED) is 0.810. The number of carbonyl (C=O) groups is 1. The van der Waals surface area contributed by atoms with Crippen molar-refractivity contribution in [3.8, 4) is 11.5 Å². The predicted octanol–water partition coefficient (Wildman–Crippen LogP) is 3.12. The van der Waals surface area contributed by atoms with Gasteiger partial charge in [0.15, 0.2) is 11.5 Å². The lowest BCUT2D eigenvalue weighted by Gasteiger charge is -2.22. The number of rotatable bonds is 6. The topological polar surface area (TPSA) is 38.8 Å². The van der Waals surface area contributed by atoms with Gasteiger partial charge in [0.05, 0.1) is 13.7 Å². The SMILES string of the molecule is CCOc1ccc(C(=O)N(CC)CC(F)(F)F)cc1OC. The van der Waals surface area contributed by atoms with Gasteiger partial charge in [0.1, 0.15) is 6.54 Å². The molecule has 1 aromatic carbocycles. The van der Waals surface area contributed by atoms with Gasteiger partial charge in [0, 0.05) is 12.1 Å². The molecule has 4 nitrogen and oxygen atoms in total. The zero-order chi connectivity index (χ0) is 16.0. The summed E-state index contributed by atoms with van der Waals surface area (Å²) >= 11 is 0. The van der Waals surface area contributed by atoms with Crippen LogP contribution in [-0.4, -0.2) is 43.8 Å². The molecule has 0 atom stereocenters. The Morgan fingerprint density at radius 3 is 2.38 bits per heavy atom. The normalized spacial score (nSPS) is 11.1. The summed E-state index contributed by atoms with van der Waals surface area (Å²) in [4.78, 5) is 12.9. The highest BCUT2D eigenvalue weighted by atomic mass is 19.4. The van der Waals surface area contributed by atoms with Crippen molar-refractivity contribution >= 4 is 5.91 Å². The van der Waals surface area contributed by atoms with E-state index in [9.17, 15) is 18.0 Å². The fourth-order valence-electron chi connectivity index (χ4n) is 1.80. The molecule has 0 aliphatic heterocycles. The van der Waals surface area contributed by atoms with Crippen LogP contribution in [0.15, 0.2) is 18.2 Å². The number of nitrogens with zero attached hydrogens (tertiary/aromatic N) is 1. The fourth-order valence-corrected chi connectivity index (χ4v) is 1.80. The first kappa shape index (κ1) is 17.1. The molecule has 7 heteroatoms. The van der Waals surface area contributed by atoms with E-state index in [0.29, 0.717) is 18.1 Å². The van der Waals surface area contributed by atoms with E-state index in [0.717, 1.165) is 4.90 Å². The van der Waals surface area contributed by atoms with Crippen molar-refractivity contribution < 1.29 is 27.4 Å². The van der Waals surface area contributed by atoms with Crippen LogP contribution in [0.3, 0.4) is 0 Å². The van der Waals surface area contributed by atoms with Crippen molar-refractivity contribution in [1.29, 1.82) is 0 Å². The molecular formula is C14H18F3NO3. The number of hydrogen-bond donors (Lipinski definition) is 0. The Morgan fingerprint density at radius 1 is 1.24 bits per heavy atom. The van der Waals surface area contributed by atoms with E-state index < -0.39 is 18.6 Å². The Morgan fingerprint density at radius 2 is 1.90 bits per heavy atom. The van der Waals surface area contributed by atoms with Crippen LogP contribution in [0.2, 0.25) is 0 Å². The largest absolute Gasteiger partial charge is 0.493 e. The van der Waals surface area contributed by atoms with Crippen LogP contribution in [0.1, 0.15) is 24.2 Å². The lowest BCUT2D eigenvalue weighted by Crippen LogP contribution is -2.38. The number of alkyl halides is 3. The van der Waals surface area contributed by atoms with Crippen LogP contribution in [-0.2, 0) is 0 Å². The Bertz CT molecular complexity index is 489. The molecule has 0 aliphatic carbocycles. The maximum Gasteiger partial charge on any atom is 0.406 e. The molecule has 0 aliphatic rings. The number of hydrogen-bond acceptors (Lipinski definition) is 3. The molecule has 0 radical (unpaired) electrons. The van der Waals surface area contributed by atoms with Crippen molar-refractivity contribution in [2.75, 3.05) is 26.8 Å². The van der Waals surface area contributed by atoms with Crippen LogP contribution in [0.25, 0.3) is 0 Å². The highest BCUT2D eigenvalue weighted by Gasteiger charge is 2.32. The smallest absolute Gasteiger partial charge is 0.406 e. The Balaban J connectivity index is 3.00. The first-order valence-electron chi connectivity index (χ1n) is 6.49. The average Bonchev–Trinajstić information content (AvgIpc) is 2.43. The van der Waals surface area contributed by atoms with Crippen molar-refractivity contribution in [2.24, 2.45) is 0 Å². The number of halogens is 3. The molecule has 0 fully saturated rings. The van der Waals surface area contributed by atoms with E-state index >= 15 is 0 Å². The van der Waals surface area contributed by atoms with Crippen molar-refractivity contribution in [3.63, 3.8) is 0 Å². The van der Waals surface area contributed by atoms with Gasteiger partial charge in [0.2, 0.25) is 0 Å². The first-order valence-corrected chi connectivity index (χ1v) is 6.49. The van der Waals surface area contributed by atoms with Crippen LogP contribution >= 0.6 is 0 Å². The summed E-state index contributed by atoms with van der Waals surface area (Å²) in [5.74, 6) is 0.0531. The second-order valence-corrected chi connectivity index (χ2v) is 4.23. The number of carbonyl (C=O) groups excluding carboxylic acids is 1. The molecule has 1 amide bonds. The Kier molecular flexibility index (Phi) is 5.87. The molecular weight excluding hydrogens is 287 g/mol. The zero-order valence-corrected chi connectivity index (χ0v) is 12.2. The van der Waals surface area contributed by atoms with E-state index in [4.69, 9.17) is 9.47 Å². The number of methoxy groups -OCH3 is 1. The van der Waals surface area contributed by atoms with E-state index in [1.54, 1.807) is 6.92 Å². The van der Waals surface area contributed by atoms with E-state index in [1.807, 2.05) is 0 Å². The Hall–Kier alpha value is -1.92. The van der Waals surface area contributed by atoms with Crippen LogP contribution in [0.4, 0.5) is 13.2 Å². The van der Waals surface area contributed by atoms with Gasteiger partial charge in [-0.2, -0.15) is 13.2 Å². The summed E-state index contributed by atoms with van der Waals surface area (Å²) in [5.41, 5.74) is 0.126. The van der Waals surface area contributed by atoms with Crippen LogP contribution in [0, 0.1) is 0 Å². The second-order valence-electron chi connectivity index (χ2n) is 4.23. The van der Waals surface area contributed by atoms with E-state index in [-0.39, 0.29) is 12.1 Å². The molecule has 118 valence electrons. The molecule has 21 heavy (non-hydrogen) atoms. The molecule has 0 saturated carbocycles. The summed E-state index contributed by atoms with van der Waals surface area (Å²) in [7, 11) is 1.40. The zero-order valence-electron chi connectivity index (χ0n) is 12.2. The molecule has 1 aromatic rings. The van der Waals surface area contributed by atoms with Gasteiger partial charge in [0.25, 0.3) is 5.91 Å². The third-order valence-corrected chi connectivity index (χ3v) is 2.75. The average molecular weight is 305 g/mol. The predicted molar refractivity (Wildman–Crippen MR) is 71.8 cm³/mol. The summed E-state index contributed by atoms with van der Waals surface area (Å²) in [6, 6.07) is 4.32.